The number of hydrogen-bond acceptors (Lipinski definition) is 18. The van der Waals surface area contributed by atoms with E-state index in [0.717, 1.165) is 59.3 Å². The van der Waals surface area contributed by atoms with E-state index in [1.165, 1.54) is 9.80 Å². The minimum absolute atomic E-state index is 0.0351. The van der Waals surface area contributed by atoms with Crippen molar-refractivity contribution >= 4 is 105 Å². The van der Waals surface area contributed by atoms with Crippen molar-refractivity contribution in [3.8, 4) is 11.8 Å². The number of alkyl carbamates (subject to hydrolysis) is 1. The smallest absolute Gasteiger partial charge is 0.407 e. The van der Waals surface area contributed by atoms with Crippen molar-refractivity contribution in [2.24, 2.45) is 40.1 Å². The van der Waals surface area contributed by atoms with Gasteiger partial charge in [-0.1, -0.05) is 85.5 Å². The lowest BCUT2D eigenvalue weighted by Gasteiger charge is -2.31. The molecule has 1 saturated carbocycles. The van der Waals surface area contributed by atoms with E-state index in [9.17, 15) is 67.4 Å². The Bertz CT molecular complexity index is 3170. The number of aliphatic hydroxyl groups is 1. The SMILES string of the molecule is CCCC[C@@H](NC(=O)C1CCCN1C(=O)CNC(=O)[C@H](CCCCNC(=O)OCC1[C@H]2CCC#CCC[C@@H]12)NC(=O)[C@@H]1CSSC[C@H](NC(=O)[C@@H]2CCCN2C(=O)[C@H](CCCN=C(N)N)NC(=O)[C@@H]2CCC(=O)N2)C(=O)N[C@@H](CC(C)C)C(=O)N[C@@H](CO)C(=O)N1)C(=O)NCCc1ccccc1. The third-order valence-corrected chi connectivity index (χ3v) is 21.5. The summed E-state index contributed by atoms with van der Waals surface area (Å²) < 4.78 is 5.59. The highest BCUT2D eigenvalue weighted by Crippen LogP contribution is 2.52. The topological polar surface area (TPSA) is 455 Å². The summed E-state index contributed by atoms with van der Waals surface area (Å²) in [5.41, 5.74) is 12.1. The van der Waals surface area contributed by atoms with Crippen LogP contribution in [0.25, 0.3) is 0 Å². The number of rotatable bonds is 33. The van der Waals surface area contributed by atoms with Gasteiger partial charge in [0, 0.05) is 63.5 Å². The number of carbonyl (C=O) groups is 13. The average Bonchev–Trinajstić information content (AvgIpc) is 1.62. The number of nitrogens with zero attached hydrogens (tertiary/aromatic N) is 3. The normalized spacial score (nSPS) is 24.4. The van der Waals surface area contributed by atoms with Crippen molar-refractivity contribution in [2.45, 2.75) is 210 Å². The summed E-state index contributed by atoms with van der Waals surface area (Å²) in [4.78, 5) is 187. The minimum atomic E-state index is -1.67. The van der Waals surface area contributed by atoms with Gasteiger partial charge in [0.15, 0.2) is 5.96 Å². The molecule has 0 radical (unpaired) electrons. The number of fused-ring (bicyclic) bond motifs is 1. The molecule has 6 aliphatic rings. The summed E-state index contributed by atoms with van der Waals surface area (Å²) in [5.74, 6) is -1.37. The van der Waals surface area contributed by atoms with Gasteiger partial charge in [0.2, 0.25) is 70.9 Å². The Morgan fingerprint density at radius 2 is 1.28 bits per heavy atom. The molecule has 1 aromatic rings. The number of unbranched alkanes of at least 4 members (excludes halogenated alkanes) is 2. The van der Waals surface area contributed by atoms with E-state index in [1.54, 1.807) is 13.8 Å². The van der Waals surface area contributed by atoms with Crippen LogP contribution < -0.4 is 70.0 Å². The Balaban J connectivity index is 1.04. The highest BCUT2D eigenvalue weighted by Gasteiger charge is 2.49. The van der Waals surface area contributed by atoms with Crippen molar-refractivity contribution in [3.63, 3.8) is 0 Å². The van der Waals surface area contributed by atoms with Crippen molar-refractivity contribution in [1.82, 2.24) is 68.3 Å². The number of benzene rings is 1. The number of nitrogens with two attached hydrogens (primary N) is 2. The number of amides is 13. The fraction of sp³-hybridized carbons (Fsp3) is 0.681. The molecule has 0 bridgehead atoms. The molecule has 33 heteroatoms. The number of hydrogen-bond donors (Lipinski definition) is 14. The molecule has 562 valence electrons. The molecule has 0 aromatic heterocycles. The third-order valence-electron chi connectivity index (χ3n) is 19.1. The first kappa shape index (κ1) is 80.9. The van der Waals surface area contributed by atoms with Crippen LogP contribution in [0.4, 0.5) is 4.79 Å². The van der Waals surface area contributed by atoms with E-state index < -0.39 is 139 Å². The van der Waals surface area contributed by atoms with Crippen molar-refractivity contribution in [2.75, 3.05) is 64.0 Å². The lowest BCUT2D eigenvalue weighted by Crippen LogP contribution is -2.61. The van der Waals surface area contributed by atoms with Crippen molar-refractivity contribution in [1.29, 1.82) is 0 Å². The fourth-order valence-electron chi connectivity index (χ4n) is 13.4. The Morgan fingerprint density at radius 3 is 1.95 bits per heavy atom. The lowest BCUT2D eigenvalue weighted by molar-refractivity contribution is -0.142. The minimum Gasteiger partial charge on any atom is -0.449 e. The van der Waals surface area contributed by atoms with Gasteiger partial charge in [-0.3, -0.25) is 62.5 Å². The number of ether oxygens (including phenoxy) is 1. The van der Waals surface area contributed by atoms with E-state index >= 15 is 0 Å². The highest BCUT2D eigenvalue weighted by molar-refractivity contribution is 8.76. The van der Waals surface area contributed by atoms with Crippen LogP contribution in [0.3, 0.4) is 0 Å². The zero-order chi connectivity index (χ0) is 73.7. The van der Waals surface area contributed by atoms with E-state index in [-0.39, 0.29) is 125 Å². The number of nitrogens with one attached hydrogen (secondary N) is 11. The van der Waals surface area contributed by atoms with Gasteiger partial charge >= 0.3 is 6.09 Å². The second-order valence-electron chi connectivity index (χ2n) is 27.2. The van der Waals surface area contributed by atoms with Crippen molar-refractivity contribution in [3.05, 3.63) is 35.9 Å². The van der Waals surface area contributed by atoms with Gasteiger partial charge < -0.3 is 89.6 Å². The number of likely N-dealkylation sites (tertiary alicyclic amines) is 2. The standard InChI is InChI=1S/C69H104N16O15S2/c1-4-5-22-46(58(89)72-32-29-42-18-9-8-10-19-42)78-65(96)54-25-16-33-84(54)57(88)36-75-59(90)47(23-13-14-30-74-69(99)100-38-45-43-20-11-6-7-12-21-44(43)45)77-63(94)52-39-101-102-40-53(64(95)80-50(35-41(2)3)61(92)81-51(37-86)62(93)82-52)83-66(97)55-26-17-34-85(55)67(98)49(24-15-31-73-68(70)71)79-60(91)48-27-28-56(87)76-48/h8-10,18-19,41,43-55,86H,4-5,11-17,20-40H2,1-3H3,(H,72,89)(H,74,99)(H,75,90)(H,76,87)(H,77,94)(H,78,96)(H,79,91)(H,80,95)(H,81,92)(H,82,93)(H,83,97)(H4,70,71,73)/t43-,44+,45?,46-,47+,48+,49+,50+,51+,52+,53+,54?,55+/m1/s1. The molecular formula is C69H104N16O15S2. The first-order valence-electron chi connectivity index (χ1n) is 35.9. The summed E-state index contributed by atoms with van der Waals surface area (Å²) in [6.45, 7) is 5.17. The molecule has 4 heterocycles. The van der Waals surface area contributed by atoms with Gasteiger partial charge in [-0.25, -0.2) is 4.79 Å². The molecule has 2 unspecified atom stereocenters. The van der Waals surface area contributed by atoms with Gasteiger partial charge in [-0.15, -0.1) is 11.8 Å². The van der Waals surface area contributed by atoms with Crippen LogP contribution in [-0.4, -0.2) is 222 Å². The van der Waals surface area contributed by atoms with E-state index in [2.05, 4.69) is 75.3 Å². The molecular weight excluding hydrogens is 1360 g/mol. The molecule has 16 N–H and O–H groups in total. The quantitative estimate of drug-likeness (QED) is 0.0134. The number of aliphatic imine (C=N–C) groups is 1. The monoisotopic (exact) mass is 1460 g/mol. The summed E-state index contributed by atoms with van der Waals surface area (Å²) in [5, 5.41) is 40.4. The highest BCUT2D eigenvalue weighted by atomic mass is 33.1. The molecule has 7 rings (SSSR count). The summed E-state index contributed by atoms with van der Waals surface area (Å²) in [6, 6.07) is -2.59. The first-order chi connectivity index (χ1) is 49.0. The summed E-state index contributed by atoms with van der Waals surface area (Å²) >= 11 is 0. The molecule has 13 atom stereocenters. The second-order valence-corrected chi connectivity index (χ2v) is 29.7. The van der Waals surface area contributed by atoms with Crippen LogP contribution in [0.2, 0.25) is 0 Å². The van der Waals surface area contributed by atoms with Crippen LogP contribution >= 0.6 is 21.6 Å². The number of aliphatic hydroxyl groups excluding tert-OH is 1. The van der Waals surface area contributed by atoms with Gasteiger partial charge in [0.25, 0.3) is 0 Å². The van der Waals surface area contributed by atoms with Crippen LogP contribution in [0.5, 0.6) is 0 Å². The third kappa shape index (κ3) is 25.5. The molecule has 102 heavy (non-hydrogen) atoms. The molecule has 31 nitrogen and oxygen atoms in total. The largest absolute Gasteiger partial charge is 0.449 e. The lowest BCUT2D eigenvalue weighted by atomic mass is 10.0. The van der Waals surface area contributed by atoms with Crippen LogP contribution in [0, 0.1) is 35.5 Å². The Kier molecular flexibility index (Phi) is 33.0. The van der Waals surface area contributed by atoms with Crippen molar-refractivity contribution < 1.29 is 72.2 Å². The van der Waals surface area contributed by atoms with Crippen LogP contribution in [0.1, 0.15) is 148 Å². The number of carbonyl (C=O) groups excluding carboxylic acids is 13. The number of guanidine groups is 1. The molecule has 5 fully saturated rings. The zero-order valence-electron chi connectivity index (χ0n) is 58.7. The maximum absolute atomic E-state index is 14.7. The van der Waals surface area contributed by atoms with E-state index in [0.29, 0.717) is 63.3 Å². The maximum atomic E-state index is 14.7. The Hall–Kier alpha value is -8.38. The molecule has 1 aromatic carbocycles. The predicted octanol–water partition coefficient (Wildman–Crippen LogP) is -0.871. The second kappa shape index (κ2) is 41.7. The summed E-state index contributed by atoms with van der Waals surface area (Å²) in [7, 11) is 2.02. The van der Waals surface area contributed by atoms with E-state index in [4.69, 9.17) is 16.2 Å². The van der Waals surface area contributed by atoms with Crippen LogP contribution in [-0.2, 0) is 68.7 Å². The van der Waals surface area contributed by atoms with Gasteiger partial charge in [-0.05, 0) is 126 Å². The zero-order valence-corrected chi connectivity index (χ0v) is 60.3. The Morgan fingerprint density at radius 1 is 0.667 bits per heavy atom. The first-order valence-corrected chi connectivity index (χ1v) is 38.4. The maximum Gasteiger partial charge on any atom is 0.407 e. The predicted molar refractivity (Wildman–Crippen MR) is 381 cm³/mol. The molecule has 4 aliphatic heterocycles. The van der Waals surface area contributed by atoms with Gasteiger partial charge in [-0.2, -0.15) is 0 Å². The molecule has 13 amide bonds. The molecule has 4 saturated heterocycles. The average molecular weight is 1460 g/mol. The van der Waals surface area contributed by atoms with Crippen LogP contribution in [0.15, 0.2) is 35.3 Å². The Labute approximate surface area is 603 Å². The fourth-order valence-corrected chi connectivity index (χ4v) is 15.7. The van der Waals surface area contributed by atoms with Gasteiger partial charge in [0.05, 0.1) is 19.8 Å². The van der Waals surface area contributed by atoms with Gasteiger partial charge in [0.1, 0.15) is 60.4 Å². The summed E-state index contributed by atoms with van der Waals surface area (Å²) in [6.07, 6.45) is 7.81. The van der Waals surface area contributed by atoms with E-state index in [1.807, 2.05) is 37.3 Å². The molecule has 0 spiro atoms. The molecule has 2 aliphatic carbocycles.